The molecule has 0 radical (unpaired) electrons. The zero-order valence-corrected chi connectivity index (χ0v) is 11.3. The maximum atomic E-state index is 10.2. The molecule has 1 aromatic rings. The summed E-state index contributed by atoms with van der Waals surface area (Å²) in [7, 11) is 1.50. The quantitative estimate of drug-likeness (QED) is 0.608. The van der Waals surface area contributed by atoms with Crippen molar-refractivity contribution in [1.29, 1.82) is 0 Å². The van der Waals surface area contributed by atoms with Gasteiger partial charge in [-0.15, -0.1) is 0 Å². The van der Waals surface area contributed by atoms with Gasteiger partial charge in [-0.3, -0.25) is 0 Å². The van der Waals surface area contributed by atoms with Crippen LogP contribution in [-0.2, 0) is 17.6 Å². The molecule has 0 aromatic heterocycles. The number of benzene rings is 1. The maximum Gasteiger partial charge on any atom is 0.120 e. The molecule has 0 aliphatic carbocycles. The van der Waals surface area contributed by atoms with Crippen LogP contribution < -0.4 is 5.73 Å². The van der Waals surface area contributed by atoms with Gasteiger partial charge in [0.2, 0.25) is 0 Å². The lowest BCUT2D eigenvalue weighted by molar-refractivity contribution is -0.107. The zero-order valence-electron chi connectivity index (χ0n) is 11.3. The highest BCUT2D eigenvalue weighted by Crippen LogP contribution is 2.11. The van der Waals surface area contributed by atoms with Crippen molar-refractivity contribution in [3.05, 3.63) is 35.4 Å². The molecule has 2 nitrogen and oxygen atoms in total. The van der Waals surface area contributed by atoms with Crippen LogP contribution >= 0.6 is 0 Å². The standard InChI is InChI=1S/C14H20O.CH5N/c1-12(2)11-14-8-6-13(7-9-14)5-3-4-10-15;1-2/h6-10,12H,3-5,11H2,1-2H3;2H2,1H3. The molecule has 0 aliphatic rings. The van der Waals surface area contributed by atoms with Crippen LogP contribution in [-0.4, -0.2) is 13.3 Å². The molecule has 0 unspecified atom stereocenters. The van der Waals surface area contributed by atoms with Gasteiger partial charge in [-0.25, -0.2) is 0 Å². The van der Waals surface area contributed by atoms with Gasteiger partial charge >= 0.3 is 0 Å². The zero-order chi connectivity index (χ0) is 13.1. The molecular formula is C15H25NO. The minimum atomic E-state index is 0.674. The Labute approximate surface area is 105 Å². The molecule has 17 heavy (non-hydrogen) atoms. The van der Waals surface area contributed by atoms with Crippen LogP contribution in [0.3, 0.4) is 0 Å². The number of aryl methyl sites for hydroxylation is 1. The smallest absolute Gasteiger partial charge is 0.120 e. The Morgan fingerprint density at radius 2 is 1.65 bits per heavy atom. The fourth-order valence-corrected chi connectivity index (χ4v) is 1.70. The van der Waals surface area contributed by atoms with Crippen molar-refractivity contribution in [3.63, 3.8) is 0 Å². The largest absolute Gasteiger partial charge is 0.333 e. The first-order valence-electron chi connectivity index (χ1n) is 6.31. The van der Waals surface area contributed by atoms with Gasteiger partial charge in [-0.1, -0.05) is 38.1 Å². The fourth-order valence-electron chi connectivity index (χ4n) is 1.70. The second kappa shape index (κ2) is 10.0. The number of unbranched alkanes of at least 4 members (excludes halogenated alkanes) is 1. The summed E-state index contributed by atoms with van der Waals surface area (Å²) in [6.07, 6.45) is 4.79. The Balaban J connectivity index is 0.00000121. The van der Waals surface area contributed by atoms with Gasteiger partial charge in [-0.2, -0.15) is 0 Å². The predicted octanol–water partition coefficient (Wildman–Crippen LogP) is 2.98. The number of rotatable bonds is 6. The summed E-state index contributed by atoms with van der Waals surface area (Å²) in [5, 5.41) is 0. The number of hydrogen-bond donors (Lipinski definition) is 1. The number of carbonyl (C=O) groups excluding carboxylic acids is 1. The van der Waals surface area contributed by atoms with E-state index in [9.17, 15) is 4.79 Å². The Morgan fingerprint density at radius 3 is 2.12 bits per heavy atom. The predicted molar refractivity (Wildman–Crippen MR) is 74.1 cm³/mol. The molecule has 1 rings (SSSR count). The molecule has 0 saturated heterocycles. The molecule has 0 aliphatic heterocycles. The van der Waals surface area contributed by atoms with Crippen molar-refractivity contribution in [3.8, 4) is 0 Å². The van der Waals surface area contributed by atoms with Crippen molar-refractivity contribution in [1.82, 2.24) is 0 Å². The minimum Gasteiger partial charge on any atom is -0.333 e. The molecule has 0 fully saturated rings. The molecule has 0 saturated carbocycles. The topological polar surface area (TPSA) is 43.1 Å². The van der Waals surface area contributed by atoms with E-state index < -0.39 is 0 Å². The molecule has 0 heterocycles. The summed E-state index contributed by atoms with van der Waals surface area (Å²) in [6, 6.07) is 8.78. The summed E-state index contributed by atoms with van der Waals surface area (Å²) >= 11 is 0. The first-order chi connectivity index (χ1) is 8.22. The Morgan fingerprint density at radius 1 is 1.12 bits per heavy atom. The average Bonchev–Trinajstić information content (AvgIpc) is 2.34. The third kappa shape index (κ3) is 7.70. The summed E-state index contributed by atoms with van der Waals surface area (Å²) < 4.78 is 0. The van der Waals surface area contributed by atoms with Gasteiger partial charge in [0.05, 0.1) is 0 Å². The number of hydrogen-bond acceptors (Lipinski definition) is 2. The normalized spacial score (nSPS) is 9.71. The van der Waals surface area contributed by atoms with E-state index in [4.69, 9.17) is 0 Å². The average molecular weight is 235 g/mol. The van der Waals surface area contributed by atoms with E-state index in [0.29, 0.717) is 12.3 Å². The Kier molecular flexibility index (Phi) is 9.35. The highest BCUT2D eigenvalue weighted by atomic mass is 16.1. The van der Waals surface area contributed by atoms with Gasteiger partial charge in [-0.05, 0) is 43.4 Å². The molecule has 0 atom stereocenters. The number of nitrogens with two attached hydrogens (primary N) is 1. The van der Waals surface area contributed by atoms with Crippen LogP contribution in [0.1, 0.15) is 37.8 Å². The van der Waals surface area contributed by atoms with Crippen LogP contribution in [0, 0.1) is 5.92 Å². The highest BCUT2D eigenvalue weighted by Gasteiger charge is 1.98. The van der Waals surface area contributed by atoms with E-state index in [2.05, 4.69) is 43.8 Å². The second-order valence-corrected chi connectivity index (χ2v) is 4.47. The van der Waals surface area contributed by atoms with Crippen molar-refractivity contribution in [2.45, 2.75) is 39.5 Å². The summed E-state index contributed by atoms with van der Waals surface area (Å²) in [5.74, 6) is 0.714. The maximum absolute atomic E-state index is 10.2. The van der Waals surface area contributed by atoms with Gasteiger partial charge in [0.1, 0.15) is 6.29 Å². The molecule has 2 heteroatoms. The van der Waals surface area contributed by atoms with Gasteiger partial charge in [0, 0.05) is 6.42 Å². The van der Waals surface area contributed by atoms with Crippen molar-refractivity contribution >= 4 is 6.29 Å². The monoisotopic (exact) mass is 235 g/mol. The Bertz CT molecular complexity index is 290. The minimum absolute atomic E-state index is 0.674. The van der Waals surface area contributed by atoms with Gasteiger partial charge < -0.3 is 10.5 Å². The van der Waals surface area contributed by atoms with Crippen LogP contribution in [0.2, 0.25) is 0 Å². The lowest BCUT2D eigenvalue weighted by Crippen LogP contribution is -1.94. The summed E-state index contributed by atoms with van der Waals surface area (Å²) in [5.41, 5.74) is 7.24. The lowest BCUT2D eigenvalue weighted by atomic mass is 10.0. The van der Waals surface area contributed by atoms with E-state index in [0.717, 1.165) is 25.5 Å². The summed E-state index contributed by atoms with van der Waals surface area (Å²) in [4.78, 5) is 10.2. The van der Waals surface area contributed by atoms with E-state index in [-0.39, 0.29) is 0 Å². The van der Waals surface area contributed by atoms with Crippen molar-refractivity contribution < 1.29 is 4.79 Å². The van der Waals surface area contributed by atoms with E-state index >= 15 is 0 Å². The summed E-state index contributed by atoms with van der Waals surface area (Å²) in [6.45, 7) is 4.47. The van der Waals surface area contributed by atoms with Crippen molar-refractivity contribution in [2.75, 3.05) is 7.05 Å². The van der Waals surface area contributed by atoms with Gasteiger partial charge in [0.25, 0.3) is 0 Å². The third-order valence-electron chi connectivity index (χ3n) is 2.45. The van der Waals surface area contributed by atoms with Crippen LogP contribution in [0.5, 0.6) is 0 Å². The van der Waals surface area contributed by atoms with Gasteiger partial charge in [0.15, 0.2) is 0 Å². The van der Waals surface area contributed by atoms with E-state index in [1.165, 1.54) is 18.2 Å². The molecular weight excluding hydrogens is 210 g/mol. The lowest BCUT2D eigenvalue weighted by Gasteiger charge is -2.06. The highest BCUT2D eigenvalue weighted by molar-refractivity contribution is 5.49. The molecule has 0 amide bonds. The van der Waals surface area contributed by atoms with E-state index in [1.807, 2.05) is 0 Å². The molecule has 2 N–H and O–H groups in total. The van der Waals surface area contributed by atoms with Crippen LogP contribution in [0.15, 0.2) is 24.3 Å². The molecule has 96 valence electrons. The number of aldehydes is 1. The molecule has 0 bridgehead atoms. The van der Waals surface area contributed by atoms with E-state index in [1.54, 1.807) is 0 Å². The van der Waals surface area contributed by atoms with Crippen molar-refractivity contribution in [2.24, 2.45) is 11.7 Å². The van der Waals surface area contributed by atoms with Crippen LogP contribution in [0.25, 0.3) is 0 Å². The number of carbonyl (C=O) groups is 1. The fraction of sp³-hybridized carbons (Fsp3) is 0.533. The molecule has 0 spiro atoms. The Hall–Kier alpha value is -1.15. The first kappa shape index (κ1) is 15.9. The molecule has 1 aromatic carbocycles. The SMILES string of the molecule is CC(C)Cc1ccc(CCCC=O)cc1.CN. The third-order valence-corrected chi connectivity index (χ3v) is 2.45. The first-order valence-corrected chi connectivity index (χ1v) is 6.31. The second-order valence-electron chi connectivity index (χ2n) is 4.47. The van der Waals surface area contributed by atoms with Crippen LogP contribution in [0.4, 0.5) is 0 Å².